The fourth-order valence-electron chi connectivity index (χ4n) is 3.19. The molecule has 1 aromatic rings. The van der Waals surface area contributed by atoms with E-state index in [1.54, 1.807) is 0 Å². The maximum Gasteiger partial charge on any atom is 0.0417 e. The van der Waals surface area contributed by atoms with Gasteiger partial charge in [0, 0.05) is 5.54 Å². The highest BCUT2D eigenvalue weighted by atomic mass is 14.8. The number of aryl methyl sites for hydroxylation is 2. The van der Waals surface area contributed by atoms with Crippen LogP contribution in [0, 0.1) is 19.3 Å². The number of benzene rings is 1. The average Bonchev–Trinajstić information content (AvgIpc) is 2.41. The van der Waals surface area contributed by atoms with Crippen molar-refractivity contribution in [1.82, 2.24) is 0 Å². The van der Waals surface area contributed by atoms with Gasteiger partial charge in [0.1, 0.15) is 0 Å². The topological polar surface area (TPSA) is 26.0 Å². The highest BCUT2D eigenvalue weighted by Gasteiger charge is 2.41. The molecular weight excluding hydrogens is 194 g/mol. The molecule has 1 atom stereocenters. The van der Waals surface area contributed by atoms with E-state index < -0.39 is 0 Å². The van der Waals surface area contributed by atoms with E-state index in [1.807, 2.05) is 0 Å². The molecule has 1 aliphatic carbocycles. The van der Waals surface area contributed by atoms with Crippen LogP contribution in [-0.4, -0.2) is 0 Å². The molecule has 88 valence electrons. The Morgan fingerprint density at radius 2 is 1.81 bits per heavy atom. The second-order valence-corrected chi connectivity index (χ2v) is 6.32. The van der Waals surface area contributed by atoms with Crippen LogP contribution in [0.1, 0.15) is 49.8 Å². The minimum atomic E-state index is -0.0959. The Kier molecular flexibility index (Phi) is 2.62. The van der Waals surface area contributed by atoms with Crippen molar-refractivity contribution in [3.63, 3.8) is 0 Å². The first-order chi connectivity index (χ1) is 7.32. The minimum absolute atomic E-state index is 0.0959. The molecule has 0 spiro atoms. The summed E-state index contributed by atoms with van der Waals surface area (Å²) < 4.78 is 0. The zero-order chi connectivity index (χ0) is 12.0. The molecule has 1 saturated carbocycles. The van der Waals surface area contributed by atoms with Crippen molar-refractivity contribution >= 4 is 0 Å². The summed E-state index contributed by atoms with van der Waals surface area (Å²) >= 11 is 0. The van der Waals surface area contributed by atoms with Crippen molar-refractivity contribution in [2.24, 2.45) is 11.1 Å². The van der Waals surface area contributed by atoms with E-state index in [0.717, 1.165) is 12.8 Å². The van der Waals surface area contributed by atoms with Gasteiger partial charge in [0.05, 0.1) is 0 Å². The lowest BCUT2D eigenvalue weighted by Crippen LogP contribution is -2.35. The summed E-state index contributed by atoms with van der Waals surface area (Å²) in [4.78, 5) is 0. The van der Waals surface area contributed by atoms with Gasteiger partial charge < -0.3 is 5.73 Å². The van der Waals surface area contributed by atoms with Crippen molar-refractivity contribution in [2.75, 3.05) is 0 Å². The summed E-state index contributed by atoms with van der Waals surface area (Å²) in [6.45, 7) is 8.97. The van der Waals surface area contributed by atoms with E-state index in [-0.39, 0.29) is 5.54 Å². The molecule has 1 aromatic carbocycles. The number of nitrogens with two attached hydrogens (primary N) is 1. The smallest absolute Gasteiger partial charge is 0.0417 e. The first kappa shape index (κ1) is 11.7. The third-order valence-corrected chi connectivity index (χ3v) is 3.96. The Morgan fingerprint density at radius 1 is 1.12 bits per heavy atom. The number of rotatable bonds is 1. The Hall–Kier alpha value is -0.820. The fourth-order valence-corrected chi connectivity index (χ4v) is 3.19. The number of hydrogen-bond acceptors (Lipinski definition) is 1. The molecule has 0 aromatic heterocycles. The Labute approximate surface area is 99.0 Å². The predicted octanol–water partition coefficient (Wildman–Crippen LogP) is 3.67. The monoisotopic (exact) mass is 217 g/mol. The summed E-state index contributed by atoms with van der Waals surface area (Å²) in [5, 5.41) is 0. The van der Waals surface area contributed by atoms with E-state index in [2.05, 4.69) is 45.9 Å². The lowest BCUT2D eigenvalue weighted by atomic mass is 9.82. The van der Waals surface area contributed by atoms with Gasteiger partial charge in [0.2, 0.25) is 0 Å². The van der Waals surface area contributed by atoms with Crippen molar-refractivity contribution in [2.45, 2.75) is 52.5 Å². The molecular formula is C15H23N. The second-order valence-electron chi connectivity index (χ2n) is 6.32. The van der Waals surface area contributed by atoms with Gasteiger partial charge in [-0.1, -0.05) is 37.6 Å². The van der Waals surface area contributed by atoms with E-state index in [9.17, 15) is 0 Å². The molecule has 1 heteroatoms. The zero-order valence-electron chi connectivity index (χ0n) is 10.9. The lowest BCUT2D eigenvalue weighted by molar-refractivity contribution is 0.339. The molecule has 16 heavy (non-hydrogen) atoms. The first-order valence-electron chi connectivity index (χ1n) is 6.19. The van der Waals surface area contributed by atoms with E-state index >= 15 is 0 Å². The summed E-state index contributed by atoms with van der Waals surface area (Å²) in [7, 11) is 0. The molecule has 0 amide bonds. The van der Waals surface area contributed by atoms with Crippen LogP contribution in [0.15, 0.2) is 18.2 Å². The van der Waals surface area contributed by atoms with E-state index in [4.69, 9.17) is 5.73 Å². The van der Waals surface area contributed by atoms with E-state index in [1.165, 1.54) is 23.1 Å². The SMILES string of the molecule is Cc1ccc(C2(N)CCC(C)(C)C2)c(C)c1. The van der Waals surface area contributed by atoms with Gasteiger partial charge in [-0.05, 0) is 49.7 Å². The molecule has 1 aliphatic rings. The van der Waals surface area contributed by atoms with Gasteiger partial charge in [-0.15, -0.1) is 0 Å². The maximum atomic E-state index is 6.61. The molecule has 0 bridgehead atoms. The summed E-state index contributed by atoms with van der Waals surface area (Å²) in [5.74, 6) is 0. The van der Waals surface area contributed by atoms with Crippen LogP contribution in [0.25, 0.3) is 0 Å². The van der Waals surface area contributed by atoms with Crippen molar-refractivity contribution in [1.29, 1.82) is 0 Å². The van der Waals surface area contributed by atoms with Crippen LogP contribution in [0.3, 0.4) is 0 Å². The van der Waals surface area contributed by atoms with Gasteiger partial charge >= 0.3 is 0 Å². The lowest BCUT2D eigenvalue weighted by Gasteiger charge is -2.29. The Bertz CT molecular complexity index is 406. The first-order valence-corrected chi connectivity index (χ1v) is 6.19. The van der Waals surface area contributed by atoms with Crippen molar-refractivity contribution in [3.05, 3.63) is 34.9 Å². The molecule has 0 aliphatic heterocycles. The van der Waals surface area contributed by atoms with Crippen LogP contribution in [0.5, 0.6) is 0 Å². The average molecular weight is 217 g/mol. The van der Waals surface area contributed by atoms with Gasteiger partial charge in [-0.25, -0.2) is 0 Å². The van der Waals surface area contributed by atoms with Gasteiger partial charge in [-0.2, -0.15) is 0 Å². The summed E-state index contributed by atoms with van der Waals surface area (Å²) in [6.07, 6.45) is 3.45. The molecule has 0 radical (unpaired) electrons. The van der Waals surface area contributed by atoms with Gasteiger partial charge in [0.25, 0.3) is 0 Å². The maximum absolute atomic E-state index is 6.61. The Balaban J connectivity index is 2.38. The van der Waals surface area contributed by atoms with Gasteiger partial charge in [0.15, 0.2) is 0 Å². The molecule has 1 unspecified atom stereocenters. The molecule has 1 fully saturated rings. The standard InChI is InChI=1S/C15H23N/c1-11-5-6-13(12(2)9-11)15(16)8-7-14(3,4)10-15/h5-6,9H,7-8,10,16H2,1-4H3. The van der Waals surface area contributed by atoms with Crippen LogP contribution < -0.4 is 5.73 Å². The molecule has 2 rings (SSSR count). The predicted molar refractivity (Wildman–Crippen MR) is 69.4 cm³/mol. The van der Waals surface area contributed by atoms with Gasteiger partial charge in [-0.3, -0.25) is 0 Å². The third-order valence-electron chi connectivity index (χ3n) is 3.96. The summed E-state index contributed by atoms with van der Waals surface area (Å²) in [6, 6.07) is 6.66. The van der Waals surface area contributed by atoms with Crippen LogP contribution in [0.4, 0.5) is 0 Å². The Morgan fingerprint density at radius 3 is 2.31 bits per heavy atom. The normalized spacial score (nSPS) is 28.3. The molecule has 1 nitrogen and oxygen atoms in total. The van der Waals surface area contributed by atoms with Crippen LogP contribution in [-0.2, 0) is 5.54 Å². The highest BCUT2D eigenvalue weighted by Crippen LogP contribution is 2.48. The number of hydrogen-bond donors (Lipinski definition) is 1. The quantitative estimate of drug-likeness (QED) is 0.763. The van der Waals surface area contributed by atoms with E-state index in [0.29, 0.717) is 5.41 Å². The summed E-state index contributed by atoms with van der Waals surface area (Å²) in [5.41, 5.74) is 10.9. The molecule has 2 N–H and O–H groups in total. The molecule has 0 heterocycles. The minimum Gasteiger partial charge on any atom is -0.321 e. The highest BCUT2D eigenvalue weighted by molar-refractivity contribution is 5.36. The van der Waals surface area contributed by atoms with Crippen LogP contribution >= 0.6 is 0 Å². The van der Waals surface area contributed by atoms with Crippen LogP contribution in [0.2, 0.25) is 0 Å². The zero-order valence-corrected chi connectivity index (χ0v) is 10.9. The second kappa shape index (κ2) is 3.59. The largest absolute Gasteiger partial charge is 0.321 e. The van der Waals surface area contributed by atoms with Crippen molar-refractivity contribution < 1.29 is 0 Å². The van der Waals surface area contributed by atoms with Crippen molar-refractivity contribution in [3.8, 4) is 0 Å². The fraction of sp³-hybridized carbons (Fsp3) is 0.600. The molecule has 0 saturated heterocycles. The third kappa shape index (κ3) is 2.01.